The van der Waals surface area contributed by atoms with Gasteiger partial charge in [-0.2, -0.15) is 0 Å². The lowest BCUT2D eigenvalue weighted by Gasteiger charge is -2.00. The first kappa shape index (κ1) is 11.1. The van der Waals surface area contributed by atoms with E-state index in [0.29, 0.717) is 11.3 Å². The molecule has 0 aliphatic carbocycles. The van der Waals surface area contributed by atoms with Gasteiger partial charge in [0.05, 0.1) is 11.0 Å². The number of hydrogen-bond acceptors (Lipinski definition) is 4. The molecule has 0 amide bonds. The molecule has 0 fully saturated rings. The smallest absolute Gasteiger partial charge is 0.283 e. The topological polar surface area (TPSA) is 93.0 Å². The minimum absolute atomic E-state index is 0.00884. The van der Waals surface area contributed by atoms with Gasteiger partial charge < -0.3 is 0 Å². The lowest BCUT2D eigenvalue weighted by atomic mass is 10.1. The number of hydrogen-bond donors (Lipinski definition) is 1. The van der Waals surface area contributed by atoms with Gasteiger partial charge >= 0.3 is 5.63 Å². The normalized spacial score (nSPS) is 10.5. The third-order valence-electron chi connectivity index (χ3n) is 2.58. The van der Waals surface area contributed by atoms with Crippen LogP contribution in [0.1, 0.15) is 11.1 Å². The summed E-state index contributed by atoms with van der Waals surface area (Å²) in [6.45, 7) is 3.45. The van der Waals surface area contributed by atoms with E-state index in [9.17, 15) is 14.9 Å². The SMILES string of the molecule is Cc1cc(-[n+]2cc(=O)o[nH]2)cc([N+](=O)[O-])c1C. The highest BCUT2D eigenvalue weighted by atomic mass is 16.6. The summed E-state index contributed by atoms with van der Waals surface area (Å²) in [5.74, 6) is 0. The molecule has 2 rings (SSSR count). The third kappa shape index (κ3) is 1.94. The number of aryl methyl sites for hydroxylation is 1. The summed E-state index contributed by atoms with van der Waals surface area (Å²) >= 11 is 0. The van der Waals surface area contributed by atoms with E-state index in [1.54, 1.807) is 19.9 Å². The molecule has 1 heterocycles. The van der Waals surface area contributed by atoms with Gasteiger partial charge in [-0.15, -0.1) is 0 Å². The Kier molecular flexibility index (Phi) is 2.51. The minimum atomic E-state index is -0.550. The molecule has 0 atom stereocenters. The van der Waals surface area contributed by atoms with E-state index in [-0.39, 0.29) is 5.69 Å². The molecular weight excluding hydrogens is 226 g/mol. The number of nitrogens with zero attached hydrogens (tertiary/aromatic N) is 2. The second-order valence-corrected chi connectivity index (χ2v) is 3.68. The van der Waals surface area contributed by atoms with Crippen LogP contribution in [-0.4, -0.2) is 10.2 Å². The zero-order chi connectivity index (χ0) is 12.6. The first-order valence-electron chi connectivity index (χ1n) is 4.85. The highest BCUT2D eigenvalue weighted by Gasteiger charge is 2.20. The molecule has 1 aromatic carbocycles. The second-order valence-electron chi connectivity index (χ2n) is 3.68. The predicted molar refractivity (Wildman–Crippen MR) is 57.0 cm³/mol. The van der Waals surface area contributed by atoms with Gasteiger partial charge in [0.25, 0.3) is 11.9 Å². The van der Waals surface area contributed by atoms with Crippen LogP contribution in [0.15, 0.2) is 27.6 Å². The fraction of sp³-hybridized carbons (Fsp3) is 0.200. The van der Waals surface area contributed by atoms with Crippen LogP contribution in [0.2, 0.25) is 0 Å². The Morgan fingerprint density at radius 1 is 1.41 bits per heavy atom. The molecule has 2 aromatic rings. The standard InChI is InChI=1S/C10H9N3O4/c1-6-3-8(12-5-10(14)17-11-12)4-9(7(6)2)13(15)16/h3-5H,1-2H3/p+1. The monoisotopic (exact) mass is 236 g/mol. The average Bonchev–Trinajstić information content (AvgIpc) is 2.68. The van der Waals surface area contributed by atoms with E-state index < -0.39 is 10.5 Å². The van der Waals surface area contributed by atoms with E-state index in [1.165, 1.54) is 16.9 Å². The van der Waals surface area contributed by atoms with Gasteiger partial charge in [0.2, 0.25) is 5.69 Å². The molecular formula is C10H10N3O4+. The lowest BCUT2D eigenvalue weighted by Crippen LogP contribution is -2.32. The summed E-state index contributed by atoms with van der Waals surface area (Å²) in [6.07, 6.45) is 1.17. The molecule has 0 aliphatic rings. The summed E-state index contributed by atoms with van der Waals surface area (Å²) in [5.41, 5.74) is 1.31. The van der Waals surface area contributed by atoms with Crippen molar-refractivity contribution in [3.63, 3.8) is 0 Å². The van der Waals surface area contributed by atoms with Gasteiger partial charge in [-0.1, -0.05) is 0 Å². The van der Waals surface area contributed by atoms with Crippen LogP contribution in [0.3, 0.4) is 0 Å². The molecule has 0 spiro atoms. The number of nitrogens with one attached hydrogen (secondary N) is 1. The van der Waals surface area contributed by atoms with E-state index in [0.717, 1.165) is 5.56 Å². The zero-order valence-corrected chi connectivity index (χ0v) is 9.26. The number of rotatable bonds is 2. The van der Waals surface area contributed by atoms with Gasteiger partial charge in [-0.05, 0) is 29.4 Å². The summed E-state index contributed by atoms with van der Waals surface area (Å²) in [4.78, 5) is 21.3. The maximum absolute atomic E-state index is 10.9. The van der Waals surface area contributed by atoms with Crippen molar-refractivity contribution in [2.24, 2.45) is 0 Å². The Balaban J connectivity index is 2.64. The predicted octanol–water partition coefficient (Wildman–Crippen LogP) is 0.770. The van der Waals surface area contributed by atoms with E-state index in [4.69, 9.17) is 0 Å². The van der Waals surface area contributed by atoms with Crippen molar-refractivity contribution in [2.75, 3.05) is 0 Å². The molecule has 0 unspecified atom stereocenters. The zero-order valence-electron chi connectivity index (χ0n) is 9.26. The minimum Gasteiger partial charge on any atom is -0.283 e. The number of nitro groups is 1. The summed E-state index contributed by atoms with van der Waals surface area (Å²) < 4.78 is 5.80. The van der Waals surface area contributed by atoms with Gasteiger partial charge in [-0.3, -0.25) is 14.6 Å². The Morgan fingerprint density at radius 2 is 2.12 bits per heavy atom. The Labute approximate surface area is 95.4 Å². The van der Waals surface area contributed by atoms with Crippen molar-refractivity contribution in [1.29, 1.82) is 0 Å². The van der Waals surface area contributed by atoms with Crippen molar-refractivity contribution in [2.45, 2.75) is 13.8 Å². The van der Waals surface area contributed by atoms with E-state index in [1.807, 2.05) is 0 Å². The van der Waals surface area contributed by atoms with Crippen molar-refractivity contribution in [1.82, 2.24) is 5.27 Å². The summed E-state index contributed by atoms with van der Waals surface area (Å²) in [7, 11) is 0. The van der Waals surface area contributed by atoms with Crippen LogP contribution in [0.25, 0.3) is 5.69 Å². The quantitative estimate of drug-likeness (QED) is 0.473. The van der Waals surface area contributed by atoms with Crippen molar-refractivity contribution >= 4 is 5.69 Å². The number of aromatic nitrogens is 2. The fourth-order valence-corrected chi connectivity index (χ4v) is 1.53. The molecule has 17 heavy (non-hydrogen) atoms. The maximum atomic E-state index is 10.9. The Hall–Kier alpha value is -2.44. The molecule has 1 aromatic heterocycles. The first-order chi connectivity index (χ1) is 7.99. The Bertz CT molecular complexity index is 641. The van der Waals surface area contributed by atoms with Gasteiger partial charge in [0.1, 0.15) is 0 Å². The third-order valence-corrected chi connectivity index (χ3v) is 2.58. The van der Waals surface area contributed by atoms with Crippen LogP contribution in [0, 0.1) is 24.0 Å². The highest BCUT2D eigenvalue weighted by Crippen LogP contribution is 2.22. The Morgan fingerprint density at radius 3 is 2.65 bits per heavy atom. The largest absolute Gasteiger partial charge is 0.427 e. The van der Waals surface area contributed by atoms with Crippen LogP contribution in [0.5, 0.6) is 0 Å². The lowest BCUT2D eigenvalue weighted by molar-refractivity contribution is -0.670. The molecule has 0 saturated carbocycles. The second kappa shape index (κ2) is 3.85. The number of benzene rings is 1. The van der Waals surface area contributed by atoms with Crippen LogP contribution in [-0.2, 0) is 0 Å². The summed E-state index contributed by atoms with van der Waals surface area (Å²) in [5, 5.41) is 13.2. The molecule has 0 bridgehead atoms. The average molecular weight is 236 g/mol. The van der Waals surface area contributed by atoms with E-state index >= 15 is 0 Å². The van der Waals surface area contributed by atoms with E-state index in [2.05, 4.69) is 9.79 Å². The highest BCUT2D eigenvalue weighted by molar-refractivity contribution is 5.49. The van der Waals surface area contributed by atoms with Crippen LogP contribution in [0.4, 0.5) is 5.69 Å². The van der Waals surface area contributed by atoms with Gasteiger partial charge in [0.15, 0.2) is 0 Å². The van der Waals surface area contributed by atoms with Crippen molar-refractivity contribution in [3.05, 3.63) is 50.0 Å². The summed E-state index contributed by atoms with van der Waals surface area (Å²) in [6, 6.07) is 3.11. The van der Waals surface area contributed by atoms with Crippen molar-refractivity contribution < 1.29 is 14.1 Å². The number of aromatic amines is 1. The molecule has 0 radical (unpaired) electrons. The van der Waals surface area contributed by atoms with Crippen LogP contribution >= 0.6 is 0 Å². The molecule has 0 saturated heterocycles. The first-order valence-corrected chi connectivity index (χ1v) is 4.85. The van der Waals surface area contributed by atoms with Gasteiger partial charge in [-0.25, -0.2) is 4.79 Å². The number of H-pyrrole nitrogens is 1. The van der Waals surface area contributed by atoms with Crippen LogP contribution < -0.4 is 10.3 Å². The molecule has 1 N–H and O–H groups in total. The fourth-order valence-electron chi connectivity index (χ4n) is 1.53. The molecule has 7 nitrogen and oxygen atoms in total. The maximum Gasteiger partial charge on any atom is 0.427 e. The molecule has 7 heteroatoms. The number of nitro benzene ring substituents is 1. The molecule has 88 valence electrons. The van der Waals surface area contributed by atoms with Crippen molar-refractivity contribution in [3.8, 4) is 5.69 Å². The van der Waals surface area contributed by atoms with Gasteiger partial charge in [0, 0.05) is 11.6 Å². The molecule has 0 aliphatic heterocycles.